The lowest BCUT2D eigenvalue weighted by Gasteiger charge is -2.30. The zero-order chi connectivity index (χ0) is 23.4. The van der Waals surface area contributed by atoms with Gasteiger partial charge in [-0.2, -0.15) is 4.31 Å². The maximum atomic E-state index is 13.1. The van der Waals surface area contributed by atoms with Crippen LogP contribution in [0.15, 0.2) is 41.3 Å². The summed E-state index contributed by atoms with van der Waals surface area (Å²) in [6.45, 7) is 1.33. The predicted octanol–water partition coefficient (Wildman–Crippen LogP) is 3.89. The Morgan fingerprint density at radius 2 is 1.88 bits per heavy atom. The molecule has 1 aliphatic carbocycles. The number of benzene rings is 2. The third-order valence-corrected chi connectivity index (χ3v) is 8.48. The van der Waals surface area contributed by atoms with Crippen LogP contribution in [0.3, 0.4) is 0 Å². The highest BCUT2D eigenvalue weighted by molar-refractivity contribution is 7.89. The molecule has 2 aliphatic rings. The smallest absolute Gasteiger partial charge is 0.243 e. The van der Waals surface area contributed by atoms with Crippen LogP contribution in [0.1, 0.15) is 30.4 Å². The molecule has 1 amide bonds. The number of halogens is 1. The number of anilines is 1. The van der Waals surface area contributed by atoms with E-state index in [4.69, 9.17) is 21.1 Å². The number of piperidine rings is 1. The summed E-state index contributed by atoms with van der Waals surface area (Å²) in [7, 11) is -1.99. The maximum Gasteiger partial charge on any atom is 0.243 e. The first kappa shape index (κ1) is 24.0. The second-order valence-corrected chi connectivity index (χ2v) is 10.8. The molecule has 0 radical (unpaired) electrons. The van der Waals surface area contributed by atoms with Crippen molar-refractivity contribution >= 4 is 33.2 Å². The number of methoxy groups -OCH3 is 1. The van der Waals surface area contributed by atoms with E-state index < -0.39 is 10.0 Å². The number of carbonyl (C=O) groups excluding carboxylic acids is 1. The molecule has 4 rings (SSSR count). The second-order valence-electron chi connectivity index (χ2n) is 8.41. The Kier molecular flexibility index (Phi) is 7.58. The molecule has 0 bridgehead atoms. The molecule has 0 spiro atoms. The summed E-state index contributed by atoms with van der Waals surface area (Å²) in [6.07, 6.45) is 3.93. The van der Waals surface area contributed by atoms with E-state index >= 15 is 0 Å². The van der Waals surface area contributed by atoms with Crippen molar-refractivity contribution in [1.29, 1.82) is 0 Å². The summed E-state index contributed by atoms with van der Waals surface area (Å²) in [4.78, 5) is 13.3. The molecule has 1 heterocycles. The summed E-state index contributed by atoms with van der Waals surface area (Å²) in [5, 5.41) is 3.31. The van der Waals surface area contributed by atoms with E-state index in [0.29, 0.717) is 60.5 Å². The summed E-state index contributed by atoms with van der Waals surface area (Å²) >= 11 is 6.25. The molecule has 9 heteroatoms. The molecule has 178 valence electrons. The molecule has 33 heavy (non-hydrogen) atoms. The molecule has 1 aliphatic heterocycles. The topological polar surface area (TPSA) is 84.9 Å². The van der Waals surface area contributed by atoms with Crippen molar-refractivity contribution in [2.75, 3.05) is 38.7 Å². The van der Waals surface area contributed by atoms with E-state index in [1.807, 2.05) is 12.1 Å². The Bertz CT molecular complexity index is 1110. The van der Waals surface area contributed by atoms with E-state index in [-0.39, 0.29) is 11.8 Å². The van der Waals surface area contributed by atoms with Crippen LogP contribution in [0.4, 0.5) is 5.69 Å². The van der Waals surface area contributed by atoms with Gasteiger partial charge < -0.3 is 14.8 Å². The third kappa shape index (κ3) is 5.35. The van der Waals surface area contributed by atoms with Gasteiger partial charge >= 0.3 is 0 Å². The van der Waals surface area contributed by atoms with Crippen molar-refractivity contribution in [3.05, 3.63) is 52.5 Å². The number of amides is 1. The number of fused-ring (bicyclic) bond motifs is 1. The molecule has 1 saturated heterocycles. The average molecular weight is 493 g/mol. The largest absolute Gasteiger partial charge is 0.487 e. The minimum atomic E-state index is -3.56. The van der Waals surface area contributed by atoms with Gasteiger partial charge in [0.2, 0.25) is 15.9 Å². The van der Waals surface area contributed by atoms with Crippen molar-refractivity contribution in [1.82, 2.24) is 4.31 Å². The van der Waals surface area contributed by atoms with Gasteiger partial charge in [0.05, 0.1) is 22.2 Å². The van der Waals surface area contributed by atoms with E-state index in [9.17, 15) is 13.2 Å². The highest BCUT2D eigenvalue weighted by Crippen LogP contribution is 2.34. The first-order valence-corrected chi connectivity index (χ1v) is 13.0. The third-order valence-electron chi connectivity index (χ3n) is 6.29. The molecule has 7 nitrogen and oxygen atoms in total. The van der Waals surface area contributed by atoms with Gasteiger partial charge in [-0.25, -0.2) is 8.42 Å². The monoisotopic (exact) mass is 492 g/mol. The van der Waals surface area contributed by atoms with Crippen LogP contribution in [-0.2, 0) is 32.4 Å². The van der Waals surface area contributed by atoms with E-state index in [0.717, 1.165) is 24.8 Å². The fourth-order valence-electron chi connectivity index (χ4n) is 4.43. The maximum absolute atomic E-state index is 13.1. The summed E-state index contributed by atoms with van der Waals surface area (Å²) in [5.74, 6) is -0.0492. The molecule has 2 aromatic rings. The SMILES string of the molecule is COCCOc1c(Cl)cccc1NC(=O)C1CCN(S(=O)(=O)c2ccc3c(c2)CCC3)CC1. The quantitative estimate of drug-likeness (QED) is 0.565. The molecule has 0 saturated carbocycles. The number of hydrogen-bond acceptors (Lipinski definition) is 5. The predicted molar refractivity (Wildman–Crippen MR) is 127 cm³/mol. The van der Waals surface area contributed by atoms with Crippen LogP contribution in [0, 0.1) is 5.92 Å². The summed E-state index contributed by atoms with van der Waals surface area (Å²) < 4.78 is 38.5. The molecule has 1 N–H and O–H groups in total. The molecule has 0 unspecified atom stereocenters. The lowest BCUT2D eigenvalue weighted by Crippen LogP contribution is -2.41. The number of carbonyl (C=O) groups is 1. The van der Waals surface area contributed by atoms with Crippen LogP contribution in [0.5, 0.6) is 5.75 Å². The van der Waals surface area contributed by atoms with Gasteiger partial charge in [-0.3, -0.25) is 4.79 Å². The number of sulfonamides is 1. The second kappa shape index (κ2) is 10.4. The Morgan fingerprint density at radius 1 is 1.12 bits per heavy atom. The zero-order valence-corrected chi connectivity index (χ0v) is 20.3. The van der Waals surface area contributed by atoms with Gasteiger partial charge in [0.1, 0.15) is 6.61 Å². The van der Waals surface area contributed by atoms with E-state index in [1.165, 1.54) is 9.87 Å². The summed E-state index contributed by atoms with van der Waals surface area (Å²) in [6, 6.07) is 10.6. The fraction of sp³-hybridized carbons (Fsp3) is 0.458. The van der Waals surface area contributed by atoms with Crippen molar-refractivity contribution in [3.63, 3.8) is 0 Å². The van der Waals surface area contributed by atoms with Gasteiger partial charge in [0.15, 0.2) is 5.75 Å². The number of nitrogens with one attached hydrogen (secondary N) is 1. The molecule has 1 fully saturated rings. The van der Waals surface area contributed by atoms with Gasteiger partial charge in [0.25, 0.3) is 0 Å². The minimum absolute atomic E-state index is 0.163. The van der Waals surface area contributed by atoms with E-state index in [2.05, 4.69) is 5.32 Å². The highest BCUT2D eigenvalue weighted by atomic mass is 35.5. The number of ether oxygens (including phenoxy) is 2. The number of nitrogens with zero attached hydrogens (tertiary/aromatic N) is 1. The average Bonchev–Trinajstić information content (AvgIpc) is 3.29. The van der Waals surface area contributed by atoms with Gasteiger partial charge in [-0.15, -0.1) is 0 Å². The van der Waals surface area contributed by atoms with Gasteiger partial charge in [0, 0.05) is 26.1 Å². The molecule has 0 aromatic heterocycles. The number of aryl methyl sites for hydroxylation is 2. The zero-order valence-electron chi connectivity index (χ0n) is 18.7. The van der Waals surface area contributed by atoms with Gasteiger partial charge in [-0.05, 0) is 67.5 Å². The van der Waals surface area contributed by atoms with Crippen LogP contribution in [0.25, 0.3) is 0 Å². The van der Waals surface area contributed by atoms with Crippen LogP contribution < -0.4 is 10.1 Å². The standard InChI is InChI=1S/C24H29ClN2O5S/c1-31-14-15-32-23-21(25)6-3-7-22(23)26-24(28)18-10-12-27(13-11-18)33(29,30)20-9-8-17-4-2-5-19(17)16-20/h3,6-9,16,18H,2,4-5,10-15H2,1H3,(H,26,28). The molecule has 2 aromatic carbocycles. The highest BCUT2D eigenvalue weighted by Gasteiger charge is 2.33. The molecular formula is C24H29ClN2O5S. The van der Waals surface area contributed by atoms with Crippen LogP contribution in [-0.4, -0.2) is 52.0 Å². The fourth-order valence-corrected chi connectivity index (χ4v) is 6.18. The number of hydrogen-bond donors (Lipinski definition) is 1. The van der Waals surface area contributed by atoms with Crippen LogP contribution >= 0.6 is 11.6 Å². The Hall–Kier alpha value is -2.13. The molecule has 0 atom stereocenters. The first-order valence-electron chi connectivity index (χ1n) is 11.2. The van der Waals surface area contributed by atoms with Gasteiger partial charge in [-0.1, -0.05) is 23.7 Å². The number of rotatable bonds is 8. The summed E-state index contributed by atoms with van der Waals surface area (Å²) in [5.41, 5.74) is 2.88. The number of para-hydroxylation sites is 1. The Morgan fingerprint density at radius 3 is 2.64 bits per heavy atom. The lowest BCUT2D eigenvalue weighted by molar-refractivity contribution is -0.120. The van der Waals surface area contributed by atoms with Crippen molar-refractivity contribution in [2.24, 2.45) is 5.92 Å². The minimum Gasteiger partial charge on any atom is -0.487 e. The van der Waals surface area contributed by atoms with Crippen LogP contribution in [0.2, 0.25) is 5.02 Å². The Balaban J connectivity index is 1.38. The van der Waals surface area contributed by atoms with Crippen molar-refractivity contribution in [3.8, 4) is 5.75 Å². The normalized spacial score (nSPS) is 17.0. The first-order chi connectivity index (χ1) is 15.9. The Labute approximate surface area is 200 Å². The van der Waals surface area contributed by atoms with E-state index in [1.54, 1.807) is 31.4 Å². The lowest BCUT2D eigenvalue weighted by atomic mass is 9.97. The van der Waals surface area contributed by atoms with Crippen molar-refractivity contribution in [2.45, 2.75) is 37.0 Å². The van der Waals surface area contributed by atoms with Crippen molar-refractivity contribution < 1.29 is 22.7 Å². The molecular weight excluding hydrogens is 464 g/mol.